The van der Waals surface area contributed by atoms with E-state index in [1.807, 2.05) is 0 Å². The van der Waals surface area contributed by atoms with Crippen molar-refractivity contribution >= 4 is 34.8 Å². The molecule has 8 nitrogen and oxygen atoms in total. The number of aliphatic hydroxyl groups is 5. The van der Waals surface area contributed by atoms with Crippen LogP contribution in [0, 0.1) is 0 Å². The first-order valence-corrected chi connectivity index (χ1v) is 11.4. The largest absolute Gasteiger partial charge is 0.393 e. The Kier molecular flexibility index (Phi) is 6.52. The Balaban J connectivity index is 2.72. The Morgan fingerprint density at radius 1 is 0.677 bits per heavy atom. The molecule has 0 saturated carbocycles. The summed E-state index contributed by atoms with van der Waals surface area (Å²) in [5, 5.41) is 55.6. The SMILES string of the molecule is CC1(O)[C@@](C)(O[C@]2(CCl)O[C@](C)(CCl)[C@](C)(O)C2(C)O)OC(C)(CO)[C@](C)(Cl)[C@@]1(C)O. The lowest BCUT2D eigenvalue weighted by Crippen LogP contribution is -2.84. The fourth-order valence-corrected chi connectivity index (χ4v) is 5.53. The molecule has 0 radical (unpaired) electrons. The van der Waals surface area contributed by atoms with E-state index in [1.54, 1.807) is 0 Å². The Hall–Kier alpha value is 0.550. The number of alkyl halides is 3. The highest BCUT2D eigenvalue weighted by Gasteiger charge is 2.80. The zero-order chi connectivity index (χ0) is 24.7. The maximum Gasteiger partial charge on any atom is 0.217 e. The molecule has 31 heavy (non-hydrogen) atoms. The van der Waals surface area contributed by atoms with Gasteiger partial charge in [-0.1, -0.05) is 0 Å². The summed E-state index contributed by atoms with van der Waals surface area (Å²) in [4.78, 5) is -1.68. The molecule has 0 spiro atoms. The van der Waals surface area contributed by atoms with Crippen LogP contribution >= 0.6 is 34.8 Å². The van der Waals surface area contributed by atoms with E-state index in [-0.39, 0.29) is 5.88 Å². The third-order valence-electron chi connectivity index (χ3n) is 8.36. The molecule has 0 aromatic rings. The van der Waals surface area contributed by atoms with Crippen LogP contribution in [0.2, 0.25) is 0 Å². The summed E-state index contributed by atoms with van der Waals surface area (Å²) in [5.74, 6) is -5.02. The van der Waals surface area contributed by atoms with E-state index < -0.39 is 62.5 Å². The van der Waals surface area contributed by atoms with Gasteiger partial charge >= 0.3 is 0 Å². The van der Waals surface area contributed by atoms with Gasteiger partial charge in [0.15, 0.2) is 0 Å². The lowest BCUT2D eigenvalue weighted by Gasteiger charge is -2.66. The van der Waals surface area contributed by atoms with Crippen molar-refractivity contribution in [3.8, 4) is 0 Å². The van der Waals surface area contributed by atoms with Crippen molar-refractivity contribution in [2.45, 2.75) is 105 Å². The van der Waals surface area contributed by atoms with Gasteiger partial charge in [-0.2, -0.15) is 0 Å². The molecule has 9 atom stereocenters. The number of hydrogen-bond donors (Lipinski definition) is 5. The number of halogens is 3. The minimum atomic E-state index is -2.23. The van der Waals surface area contributed by atoms with Crippen molar-refractivity contribution in [2.24, 2.45) is 0 Å². The minimum absolute atomic E-state index is 0.224. The second-order valence-electron chi connectivity index (χ2n) is 10.2. The van der Waals surface area contributed by atoms with Crippen molar-refractivity contribution in [3.63, 3.8) is 0 Å². The van der Waals surface area contributed by atoms with Crippen LogP contribution in [0.5, 0.6) is 0 Å². The van der Waals surface area contributed by atoms with E-state index in [1.165, 1.54) is 55.4 Å². The molecule has 2 aliphatic rings. The summed E-state index contributed by atoms with van der Waals surface area (Å²) in [6.45, 7) is 10.2. The first-order valence-electron chi connectivity index (χ1n) is 9.97. The summed E-state index contributed by atoms with van der Waals surface area (Å²) in [7, 11) is 0. The van der Waals surface area contributed by atoms with Crippen molar-refractivity contribution < 1.29 is 39.7 Å². The molecule has 0 aromatic heterocycles. The lowest BCUT2D eigenvalue weighted by atomic mass is 9.63. The van der Waals surface area contributed by atoms with E-state index in [0.29, 0.717) is 0 Å². The normalized spacial score (nSPS) is 60.4. The molecule has 5 N–H and O–H groups in total. The van der Waals surface area contributed by atoms with Crippen LogP contribution in [0.15, 0.2) is 0 Å². The fourth-order valence-electron chi connectivity index (χ4n) is 4.57. The van der Waals surface area contributed by atoms with E-state index >= 15 is 0 Å². The van der Waals surface area contributed by atoms with Gasteiger partial charge in [0.05, 0.1) is 18.4 Å². The van der Waals surface area contributed by atoms with E-state index in [4.69, 9.17) is 49.0 Å². The van der Waals surface area contributed by atoms with Gasteiger partial charge in [-0.15, -0.1) is 34.8 Å². The molecular formula is C20H35Cl3O8. The number of rotatable bonds is 5. The molecule has 3 unspecified atom stereocenters. The Morgan fingerprint density at radius 2 is 1.16 bits per heavy atom. The number of aliphatic hydroxyl groups excluding tert-OH is 1. The van der Waals surface area contributed by atoms with Crippen molar-refractivity contribution in [3.05, 3.63) is 0 Å². The van der Waals surface area contributed by atoms with E-state index in [0.717, 1.165) is 0 Å². The Labute approximate surface area is 198 Å². The summed E-state index contributed by atoms with van der Waals surface area (Å²) < 4.78 is 18.2. The summed E-state index contributed by atoms with van der Waals surface area (Å²) in [6, 6.07) is 0. The highest BCUT2D eigenvalue weighted by Crippen LogP contribution is 2.61. The molecule has 11 heteroatoms. The molecule has 0 bridgehead atoms. The predicted octanol–water partition coefficient (Wildman–Crippen LogP) is 1.46. The van der Waals surface area contributed by atoms with Crippen LogP contribution in [0.3, 0.4) is 0 Å². The number of hydrogen-bond acceptors (Lipinski definition) is 8. The van der Waals surface area contributed by atoms with Gasteiger partial charge in [0.1, 0.15) is 38.5 Å². The van der Waals surface area contributed by atoms with Gasteiger partial charge in [0, 0.05) is 0 Å². The Bertz CT molecular complexity index is 727. The van der Waals surface area contributed by atoms with Crippen LogP contribution in [-0.4, -0.2) is 94.0 Å². The van der Waals surface area contributed by atoms with Gasteiger partial charge in [-0.3, -0.25) is 0 Å². The highest BCUT2D eigenvalue weighted by atomic mass is 35.5. The molecular weight excluding hydrogens is 475 g/mol. The van der Waals surface area contributed by atoms with Crippen LogP contribution in [0.4, 0.5) is 0 Å². The van der Waals surface area contributed by atoms with Gasteiger partial charge < -0.3 is 39.7 Å². The molecule has 2 heterocycles. The van der Waals surface area contributed by atoms with Crippen molar-refractivity contribution in [1.29, 1.82) is 0 Å². The molecule has 0 aliphatic carbocycles. The van der Waals surface area contributed by atoms with E-state index in [2.05, 4.69) is 0 Å². The van der Waals surface area contributed by atoms with Gasteiger partial charge in [0.2, 0.25) is 11.6 Å². The third kappa shape index (κ3) is 3.04. The predicted molar refractivity (Wildman–Crippen MR) is 116 cm³/mol. The van der Waals surface area contributed by atoms with Crippen LogP contribution in [0.1, 0.15) is 55.4 Å². The average molecular weight is 510 g/mol. The van der Waals surface area contributed by atoms with Crippen molar-refractivity contribution in [1.82, 2.24) is 0 Å². The number of ether oxygens (including phenoxy) is 3. The fraction of sp³-hybridized carbons (Fsp3) is 1.00. The molecule has 2 saturated heterocycles. The molecule has 184 valence electrons. The van der Waals surface area contributed by atoms with Gasteiger partial charge in [0.25, 0.3) is 0 Å². The smallest absolute Gasteiger partial charge is 0.217 e. The average Bonchev–Trinajstić information content (AvgIpc) is 2.75. The van der Waals surface area contributed by atoms with Crippen molar-refractivity contribution in [2.75, 3.05) is 18.4 Å². The van der Waals surface area contributed by atoms with E-state index in [9.17, 15) is 25.5 Å². The molecule has 2 rings (SSSR count). The molecule has 2 aliphatic heterocycles. The van der Waals surface area contributed by atoms with Crippen LogP contribution < -0.4 is 0 Å². The van der Waals surface area contributed by atoms with Crippen LogP contribution in [-0.2, 0) is 14.2 Å². The van der Waals surface area contributed by atoms with Gasteiger partial charge in [-0.25, -0.2) is 0 Å². The summed E-state index contributed by atoms with van der Waals surface area (Å²) in [6.07, 6.45) is 0. The highest BCUT2D eigenvalue weighted by molar-refractivity contribution is 6.25. The maximum absolute atomic E-state index is 11.5. The quantitative estimate of drug-likeness (QED) is 0.352. The first-order chi connectivity index (χ1) is 13.6. The molecule has 0 amide bonds. The van der Waals surface area contributed by atoms with Crippen LogP contribution in [0.25, 0.3) is 0 Å². The zero-order valence-corrected chi connectivity index (χ0v) is 21.5. The minimum Gasteiger partial charge on any atom is -0.393 e. The zero-order valence-electron chi connectivity index (χ0n) is 19.2. The second-order valence-corrected chi connectivity index (χ2v) is 11.5. The molecule has 0 aromatic carbocycles. The third-order valence-corrected chi connectivity index (χ3v) is 9.99. The standard InChI is InChI=1S/C20H35Cl3O8/c1-12(9-21)15(4,25)18(7,28)20(10-22,30-12)31-19(8)17(6,27)16(5,26)14(3,23)13(2,11-24)29-19/h24-28H,9-11H2,1-8H3/t12-,13?,14+,15+,16-,17?,18?,19-,20+/m1/s1. The van der Waals surface area contributed by atoms with Gasteiger partial charge in [-0.05, 0) is 55.4 Å². The topological polar surface area (TPSA) is 129 Å². The first kappa shape index (κ1) is 27.8. The summed E-state index contributed by atoms with van der Waals surface area (Å²) in [5.41, 5.74) is -11.6. The Morgan fingerprint density at radius 3 is 1.52 bits per heavy atom. The maximum atomic E-state index is 11.5. The second kappa shape index (κ2) is 7.28. The lowest BCUT2D eigenvalue weighted by molar-refractivity contribution is -0.471. The summed E-state index contributed by atoms with van der Waals surface area (Å²) >= 11 is 18.9. The monoisotopic (exact) mass is 508 g/mol. The molecule has 2 fully saturated rings.